The Labute approximate surface area is 36.6 Å². The summed E-state index contributed by atoms with van der Waals surface area (Å²) in [5, 5.41) is 0. The van der Waals surface area contributed by atoms with Gasteiger partial charge < -0.3 is 0 Å². The summed E-state index contributed by atoms with van der Waals surface area (Å²) in [4.78, 5) is 6.57. The number of aliphatic imine (C=N–C) groups is 2. The molecule has 6 heavy (non-hydrogen) atoms. The number of terminal acetylenes is 1. The number of nitrogens with zero attached hydrogens (tertiary/aromatic N) is 2. The summed E-state index contributed by atoms with van der Waals surface area (Å²) in [6.45, 7) is 0. The molecule has 0 aromatic heterocycles. The van der Waals surface area contributed by atoms with E-state index in [1.807, 2.05) is 6.04 Å². The van der Waals surface area contributed by atoms with E-state index in [4.69, 9.17) is 0 Å². The summed E-state index contributed by atoms with van der Waals surface area (Å²) in [6.07, 6.45) is 4.68. The fourth-order valence-corrected chi connectivity index (χ4v) is 0.0789. The van der Waals surface area contributed by atoms with Crippen LogP contribution in [0.1, 0.15) is 0 Å². The molecular weight excluding hydrogens is 76.1 g/mol. The third kappa shape index (κ3) is 2.94. The van der Waals surface area contributed by atoms with Gasteiger partial charge in [0.15, 0.2) is 0 Å². The third-order valence-corrected chi connectivity index (χ3v) is 0.215. The maximum Gasteiger partial charge on any atom is 0.104 e. The minimum Gasteiger partial charge on any atom is -0.228 e. The van der Waals surface area contributed by atoms with Crippen LogP contribution in [0.25, 0.3) is 0 Å². The van der Waals surface area contributed by atoms with Crippen LogP contribution in [0.5, 0.6) is 0 Å². The van der Waals surface area contributed by atoms with Gasteiger partial charge in [0.2, 0.25) is 0 Å². The zero-order valence-corrected chi connectivity index (χ0v) is 3.47. The first kappa shape index (κ1) is 4.94. The Hall–Kier alpha value is -1.06. The van der Waals surface area contributed by atoms with Crippen molar-refractivity contribution in [2.45, 2.75) is 0 Å². The molecule has 30 valence electrons. The third-order valence-electron chi connectivity index (χ3n) is 0.215. The van der Waals surface area contributed by atoms with E-state index in [1.165, 1.54) is 0 Å². The second kappa shape index (κ2) is 3.94. The van der Waals surface area contributed by atoms with Crippen molar-refractivity contribution in [3.63, 3.8) is 0 Å². The van der Waals surface area contributed by atoms with E-state index in [0.717, 1.165) is 0 Å². The van der Waals surface area contributed by atoms with Crippen molar-refractivity contribution in [1.82, 2.24) is 0 Å². The molecule has 0 amide bonds. The van der Waals surface area contributed by atoms with Gasteiger partial charge in [0.1, 0.15) is 6.01 Å². The lowest BCUT2D eigenvalue weighted by Gasteiger charge is -1.51. The Bertz CT molecular complexity index is 112. The van der Waals surface area contributed by atoms with Gasteiger partial charge in [-0.3, -0.25) is 0 Å². The summed E-state index contributed by atoms with van der Waals surface area (Å²) in [7, 11) is 1.56. The summed E-state index contributed by atoms with van der Waals surface area (Å²) in [6, 6.07) is 4.20. The minimum atomic E-state index is 1.56. The molecule has 2 heteroatoms. The molecule has 0 spiro atoms. The minimum absolute atomic E-state index is 1.56. The van der Waals surface area contributed by atoms with E-state index in [-0.39, 0.29) is 0 Å². The predicted octanol–water partition coefficient (Wildman–Crippen LogP) is 0.381. The summed E-state index contributed by atoms with van der Waals surface area (Å²) in [5.41, 5.74) is 0. The average molecular weight is 80.1 g/mol. The zero-order valence-electron chi connectivity index (χ0n) is 3.47. The maximum absolute atomic E-state index is 4.68. The van der Waals surface area contributed by atoms with Crippen molar-refractivity contribution in [2.24, 2.45) is 9.98 Å². The van der Waals surface area contributed by atoms with E-state index < -0.39 is 0 Å². The fourth-order valence-electron chi connectivity index (χ4n) is 0.0789. The Morgan fingerprint density at radius 2 is 2.33 bits per heavy atom. The highest BCUT2D eigenvalue weighted by molar-refractivity contribution is 5.42. The SMILES string of the molecule is C#CN=C=NC. The van der Waals surface area contributed by atoms with Gasteiger partial charge in [-0.15, -0.1) is 4.99 Å². The highest BCUT2D eigenvalue weighted by Crippen LogP contribution is 1.48. The molecule has 0 fully saturated rings. The monoisotopic (exact) mass is 80.0 g/mol. The smallest absolute Gasteiger partial charge is 0.104 e. The lowest BCUT2D eigenvalue weighted by Crippen LogP contribution is -1.46. The molecule has 0 aliphatic heterocycles. The molecule has 0 aromatic carbocycles. The Balaban J connectivity index is 3.56. The first-order valence-electron chi connectivity index (χ1n) is 1.41. The van der Waals surface area contributed by atoms with Crippen LogP contribution in [0.4, 0.5) is 0 Å². The second-order valence-electron chi connectivity index (χ2n) is 0.565. The first-order valence-corrected chi connectivity index (χ1v) is 1.41. The molecule has 0 aliphatic rings. The van der Waals surface area contributed by atoms with E-state index in [1.54, 1.807) is 7.05 Å². The molecule has 0 N–H and O–H groups in total. The average Bonchev–Trinajstić information content (AvgIpc) is 1.61. The van der Waals surface area contributed by atoms with E-state index in [2.05, 4.69) is 22.4 Å². The van der Waals surface area contributed by atoms with Crippen LogP contribution in [0.2, 0.25) is 0 Å². The number of hydrogen-bond donors (Lipinski definition) is 0. The topological polar surface area (TPSA) is 24.7 Å². The van der Waals surface area contributed by atoms with E-state index in [9.17, 15) is 0 Å². The van der Waals surface area contributed by atoms with Crippen molar-refractivity contribution >= 4 is 6.01 Å². The van der Waals surface area contributed by atoms with Gasteiger partial charge in [-0.2, -0.15) is 0 Å². The van der Waals surface area contributed by atoms with E-state index >= 15 is 0 Å². The Kier molecular flexibility index (Phi) is 3.24. The molecule has 0 atom stereocenters. The molecule has 0 aliphatic carbocycles. The lowest BCUT2D eigenvalue weighted by molar-refractivity contribution is 1.46. The molecule has 0 heterocycles. The normalized spacial score (nSPS) is 4.67. The quantitative estimate of drug-likeness (QED) is 0.297. The summed E-state index contributed by atoms with van der Waals surface area (Å²) < 4.78 is 0. The van der Waals surface area contributed by atoms with Crippen LogP contribution in [0.15, 0.2) is 9.98 Å². The molecule has 2 nitrogen and oxygen atoms in total. The van der Waals surface area contributed by atoms with Gasteiger partial charge in [0.05, 0.1) is 0 Å². The van der Waals surface area contributed by atoms with Gasteiger partial charge in [-0.25, -0.2) is 4.99 Å². The Morgan fingerprint density at radius 3 is 2.50 bits per heavy atom. The fraction of sp³-hybridized carbons (Fsp3) is 0.250. The van der Waals surface area contributed by atoms with Crippen LogP contribution >= 0.6 is 0 Å². The predicted molar refractivity (Wildman–Crippen MR) is 24.6 cm³/mol. The second-order valence-corrected chi connectivity index (χ2v) is 0.565. The van der Waals surface area contributed by atoms with Gasteiger partial charge in [0.25, 0.3) is 0 Å². The van der Waals surface area contributed by atoms with Crippen LogP contribution in [0.3, 0.4) is 0 Å². The van der Waals surface area contributed by atoms with Gasteiger partial charge in [0, 0.05) is 13.1 Å². The first-order chi connectivity index (χ1) is 2.91. The van der Waals surface area contributed by atoms with Crippen molar-refractivity contribution in [3.8, 4) is 12.5 Å². The molecule has 0 unspecified atom stereocenters. The molecule has 0 aromatic rings. The van der Waals surface area contributed by atoms with Crippen molar-refractivity contribution < 1.29 is 0 Å². The standard InChI is InChI=1S/C4H4N2/c1-3-6-4-5-2/h1H,2H3. The molecule has 0 bridgehead atoms. The summed E-state index contributed by atoms with van der Waals surface area (Å²) in [5.74, 6) is 0. The van der Waals surface area contributed by atoms with Crippen LogP contribution < -0.4 is 0 Å². The Morgan fingerprint density at radius 1 is 1.67 bits per heavy atom. The van der Waals surface area contributed by atoms with Crippen molar-refractivity contribution in [1.29, 1.82) is 0 Å². The van der Waals surface area contributed by atoms with Gasteiger partial charge in [-0.05, 0) is 0 Å². The van der Waals surface area contributed by atoms with Crippen LogP contribution in [-0.2, 0) is 0 Å². The molecule has 0 saturated heterocycles. The van der Waals surface area contributed by atoms with Gasteiger partial charge >= 0.3 is 0 Å². The molecule has 0 rings (SSSR count). The molecule has 0 saturated carbocycles. The van der Waals surface area contributed by atoms with Crippen molar-refractivity contribution in [3.05, 3.63) is 0 Å². The van der Waals surface area contributed by atoms with Gasteiger partial charge in [-0.1, -0.05) is 6.42 Å². The largest absolute Gasteiger partial charge is 0.228 e. The van der Waals surface area contributed by atoms with E-state index in [0.29, 0.717) is 0 Å². The lowest BCUT2D eigenvalue weighted by atomic mass is 11.1. The molecule has 0 radical (unpaired) electrons. The summed E-state index contributed by atoms with van der Waals surface area (Å²) >= 11 is 0. The maximum atomic E-state index is 4.68. The highest BCUT2D eigenvalue weighted by atomic mass is 14.7. The highest BCUT2D eigenvalue weighted by Gasteiger charge is 1.41. The molecular formula is C4H4N2. The number of hydrogen-bond acceptors (Lipinski definition) is 2. The van der Waals surface area contributed by atoms with Crippen LogP contribution in [-0.4, -0.2) is 13.1 Å². The number of rotatable bonds is 0. The van der Waals surface area contributed by atoms with Crippen LogP contribution in [0, 0.1) is 12.5 Å². The van der Waals surface area contributed by atoms with Crippen molar-refractivity contribution in [2.75, 3.05) is 7.05 Å². The zero-order chi connectivity index (χ0) is 4.83.